The lowest BCUT2D eigenvalue weighted by Crippen LogP contribution is -2.41. The van der Waals surface area contributed by atoms with E-state index < -0.39 is 22.5 Å². The van der Waals surface area contributed by atoms with Crippen LogP contribution in [0, 0.1) is 17.0 Å². The Morgan fingerprint density at radius 1 is 1.04 bits per heavy atom. The smallest absolute Gasteiger partial charge is 0.230 e. The molecule has 4 bridgehead atoms. The summed E-state index contributed by atoms with van der Waals surface area (Å²) in [7, 11) is 1.69. The molecule has 10 heteroatoms. The lowest BCUT2D eigenvalue weighted by atomic mass is 9.76. The van der Waals surface area contributed by atoms with Crippen molar-refractivity contribution in [1.29, 1.82) is 0 Å². The van der Waals surface area contributed by atoms with Crippen molar-refractivity contribution in [1.82, 2.24) is 19.9 Å². The minimum atomic E-state index is -0.832. The van der Waals surface area contributed by atoms with E-state index in [1.54, 1.807) is 24.3 Å². The van der Waals surface area contributed by atoms with Gasteiger partial charge in [-0.25, -0.2) is 13.8 Å². The lowest BCUT2D eigenvalue weighted by Gasteiger charge is -2.31. The van der Waals surface area contributed by atoms with E-state index >= 15 is 8.78 Å². The molecule has 0 saturated carbocycles. The van der Waals surface area contributed by atoms with E-state index in [0.29, 0.717) is 36.4 Å². The lowest BCUT2D eigenvalue weighted by molar-refractivity contribution is -0.142. The molecule has 2 aromatic heterocycles. The third-order valence-electron chi connectivity index (χ3n) is 8.66. The van der Waals surface area contributed by atoms with Crippen LogP contribution in [0.1, 0.15) is 50.4 Å². The predicted octanol–water partition coefficient (Wildman–Crippen LogP) is 8.49. The van der Waals surface area contributed by atoms with Crippen molar-refractivity contribution >= 4 is 32.7 Å². The molecule has 1 atom stereocenters. The van der Waals surface area contributed by atoms with Crippen LogP contribution in [-0.4, -0.2) is 46.0 Å². The number of imidazole rings is 1. The van der Waals surface area contributed by atoms with Gasteiger partial charge in [0.05, 0.1) is 17.6 Å². The number of ether oxygens (including phenoxy) is 2. The normalized spacial score (nSPS) is 19.4. The molecule has 1 amide bonds. The number of aromatic nitrogens is 3. The van der Waals surface area contributed by atoms with Crippen LogP contribution in [0.4, 0.5) is 8.78 Å². The van der Waals surface area contributed by atoms with Crippen LogP contribution in [0.5, 0.6) is 11.5 Å². The number of nitrogens with zero attached hydrogens (tertiary/aromatic N) is 2. The summed E-state index contributed by atoms with van der Waals surface area (Å²) in [5.41, 5.74) is 1.78. The Hall–Kier alpha value is -4.02. The number of aromatic amines is 2. The summed E-state index contributed by atoms with van der Waals surface area (Å²) >= 11 is 3.60. The molecule has 3 aromatic carbocycles. The molecule has 0 saturated heterocycles. The topological polar surface area (TPSA) is 83.2 Å². The second-order valence-electron chi connectivity index (χ2n) is 12.5. The van der Waals surface area contributed by atoms with E-state index in [2.05, 4.69) is 49.9 Å². The molecule has 5 aromatic rings. The number of carbonyl (C=O) groups excluding carboxylic acids is 1. The average molecular weight is 678 g/mol. The Bertz CT molecular complexity index is 1880. The molecule has 1 unspecified atom stereocenters. The van der Waals surface area contributed by atoms with Crippen molar-refractivity contribution in [3.63, 3.8) is 0 Å². The summed E-state index contributed by atoms with van der Waals surface area (Å²) in [5.74, 6) is -0.723. The van der Waals surface area contributed by atoms with Gasteiger partial charge < -0.3 is 24.3 Å². The quantitative estimate of drug-likeness (QED) is 0.187. The van der Waals surface area contributed by atoms with Gasteiger partial charge in [0.1, 0.15) is 17.4 Å². The van der Waals surface area contributed by atoms with Crippen LogP contribution >= 0.6 is 15.9 Å². The monoisotopic (exact) mass is 676 g/mol. The number of amides is 1. The zero-order valence-electron chi connectivity index (χ0n) is 25.6. The Morgan fingerprint density at radius 2 is 1.87 bits per heavy atom. The highest BCUT2D eigenvalue weighted by atomic mass is 79.9. The van der Waals surface area contributed by atoms with Crippen molar-refractivity contribution in [2.75, 3.05) is 20.3 Å². The van der Waals surface area contributed by atoms with Crippen molar-refractivity contribution in [3.05, 3.63) is 99.9 Å². The number of fused-ring (bicyclic) bond motifs is 8. The number of H-pyrrole nitrogens is 2. The van der Waals surface area contributed by atoms with Gasteiger partial charge >= 0.3 is 0 Å². The van der Waals surface area contributed by atoms with Gasteiger partial charge in [0, 0.05) is 70.7 Å². The Morgan fingerprint density at radius 3 is 2.67 bits per heavy atom. The molecule has 1 aliphatic heterocycles. The predicted molar refractivity (Wildman–Crippen MR) is 173 cm³/mol. The summed E-state index contributed by atoms with van der Waals surface area (Å²) in [6.45, 7) is 6.56. The van der Waals surface area contributed by atoms with Crippen molar-refractivity contribution in [2.24, 2.45) is 5.41 Å². The number of hydrogen-bond acceptors (Lipinski definition) is 4. The number of benzene rings is 3. The first-order valence-electron chi connectivity index (χ1n) is 14.9. The van der Waals surface area contributed by atoms with E-state index in [4.69, 9.17) is 9.47 Å². The highest BCUT2D eigenvalue weighted by Gasteiger charge is 2.34. The first-order valence-corrected chi connectivity index (χ1v) is 15.7. The zero-order valence-corrected chi connectivity index (χ0v) is 27.2. The highest BCUT2D eigenvalue weighted by Crippen LogP contribution is 2.40. The SMILES string of the molecule is CN1Cc2c(c(F)cc3[nH]ccc23)Oc2ccc(F)c(c2)-c2ncc([nH]2)C(C)(c2cccc(Br)c2)CCCOCC(C)(C)C1=O. The third-order valence-corrected chi connectivity index (χ3v) is 9.15. The van der Waals surface area contributed by atoms with Gasteiger partial charge in [-0.3, -0.25) is 4.79 Å². The molecule has 7 nitrogen and oxygen atoms in total. The molecular formula is C35H35BrF2N4O3. The molecule has 0 spiro atoms. The minimum absolute atomic E-state index is 0.0337. The van der Waals surface area contributed by atoms with Gasteiger partial charge in [-0.15, -0.1) is 0 Å². The molecule has 3 heterocycles. The molecule has 234 valence electrons. The van der Waals surface area contributed by atoms with Crippen LogP contribution < -0.4 is 4.74 Å². The van der Waals surface area contributed by atoms with Gasteiger partial charge in [-0.05, 0) is 75.6 Å². The maximum Gasteiger partial charge on any atom is 0.230 e. The summed E-state index contributed by atoms with van der Waals surface area (Å²) in [6, 6.07) is 15.5. The third kappa shape index (κ3) is 6.01. The summed E-state index contributed by atoms with van der Waals surface area (Å²) in [6.07, 6.45) is 4.85. The Labute approximate surface area is 269 Å². The average Bonchev–Trinajstić information content (AvgIpc) is 3.69. The van der Waals surface area contributed by atoms with Crippen molar-refractivity contribution < 1.29 is 23.0 Å². The number of carbonyl (C=O) groups is 1. The summed E-state index contributed by atoms with van der Waals surface area (Å²) < 4.78 is 44.2. The van der Waals surface area contributed by atoms with E-state index in [0.717, 1.165) is 21.1 Å². The van der Waals surface area contributed by atoms with Crippen molar-refractivity contribution in [2.45, 2.75) is 45.6 Å². The fourth-order valence-electron chi connectivity index (χ4n) is 6.11. The molecule has 0 aliphatic carbocycles. The van der Waals surface area contributed by atoms with E-state index in [1.165, 1.54) is 24.3 Å². The van der Waals surface area contributed by atoms with Crippen LogP contribution in [0.2, 0.25) is 0 Å². The summed E-state index contributed by atoms with van der Waals surface area (Å²) in [4.78, 5) is 26.2. The van der Waals surface area contributed by atoms with Gasteiger partial charge in [0.25, 0.3) is 0 Å². The second kappa shape index (κ2) is 12.1. The van der Waals surface area contributed by atoms with E-state index in [1.807, 2.05) is 32.0 Å². The molecule has 0 radical (unpaired) electrons. The number of nitrogens with one attached hydrogen (secondary N) is 2. The molecule has 45 heavy (non-hydrogen) atoms. The van der Waals surface area contributed by atoms with Crippen LogP contribution in [-0.2, 0) is 21.5 Å². The van der Waals surface area contributed by atoms with Gasteiger partial charge in [0.15, 0.2) is 11.6 Å². The van der Waals surface area contributed by atoms with Gasteiger partial charge in [-0.1, -0.05) is 28.1 Å². The van der Waals surface area contributed by atoms with Gasteiger partial charge in [0.2, 0.25) is 5.91 Å². The number of halogens is 3. The highest BCUT2D eigenvalue weighted by molar-refractivity contribution is 9.10. The van der Waals surface area contributed by atoms with Crippen LogP contribution in [0.15, 0.2) is 71.5 Å². The fourth-order valence-corrected chi connectivity index (χ4v) is 6.50. The first-order chi connectivity index (χ1) is 21.5. The Kier molecular flexibility index (Phi) is 8.30. The first kappa shape index (κ1) is 31.0. The molecule has 1 aliphatic rings. The van der Waals surface area contributed by atoms with E-state index in [9.17, 15) is 4.79 Å². The van der Waals surface area contributed by atoms with Gasteiger partial charge in [-0.2, -0.15) is 0 Å². The molecular weight excluding hydrogens is 642 g/mol. The Balaban J connectivity index is 1.48. The standard InChI is InChI=1S/C35H35BrF2N4O3/c1-34(2)20-44-14-6-12-35(3,21-7-5-8-22(36)15-21)30-18-40-32(41-30)25-16-23(9-10-27(25)37)45-31-26(19-42(4)33(34)43)24-11-13-39-29(24)17-28(31)38/h5,7-11,13,15-18,39H,6,12,14,19-20H2,1-4H3,(H,40,41). The van der Waals surface area contributed by atoms with Crippen LogP contribution in [0.3, 0.4) is 0 Å². The molecule has 6 rings (SSSR count). The zero-order chi connectivity index (χ0) is 31.9. The largest absolute Gasteiger partial charge is 0.454 e. The minimum Gasteiger partial charge on any atom is -0.454 e. The summed E-state index contributed by atoms with van der Waals surface area (Å²) in [5, 5.41) is 0.718. The molecule has 2 N–H and O–H groups in total. The number of rotatable bonds is 1. The maximum atomic E-state index is 15.7. The van der Waals surface area contributed by atoms with Crippen LogP contribution in [0.25, 0.3) is 22.3 Å². The van der Waals surface area contributed by atoms with Crippen molar-refractivity contribution in [3.8, 4) is 22.9 Å². The van der Waals surface area contributed by atoms with E-state index in [-0.39, 0.29) is 36.1 Å². The molecule has 0 fully saturated rings. The number of hydrogen-bond donors (Lipinski definition) is 2. The maximum absolute atomic E-state index is 15.7. The fraction of sp³-hybridized carbons (Fsp3) is 0.314. The second-order valence-corrected chi connectivity index (χ2v) is 13.5.